The molecule has 0 spiro atoms. The zero-order valence-electron chi connectivity index (χ0n) is 18.3. The van der Waals surface area contributed by atoms with E-state index in [4.69, 9.17) is 4.74 Å². The van der Waals surface area contributed by atoms with Crippen molar-refractivity contribution < 1.29 is 23.1 Å². The van der Waals surface area contributed by atoms with E-state index in [9.17, 15) is 18.4 Å². The van der Waals surface area contributed by atoms with Gasteiger partial charge in [-0.25, -0.2) is 18.6 Å². The average molecular weight is 511 g/mol. The van der Waals surface area contributed by atoms with Crippen molar-refractivity contribution in [3.05, 3.63) is 52.1 Å². The van der Waals surface area contributed by atoms with E-state index < -0.39 is 23.1 Å². The number of nitrogens with one attached hydrogen (secondary N) is 1. The molecule has 0 aliphatic carbocycles. The molecule has 1 aromatic heterocycles. The number of hydrogen-bond donors (Lipinski definition) is 1. The number of piperazine rings is 1. The highest BCUT2D eigenvalue weighted by Crippen LogP contribution is 2.24. The second-order valence-electron chi connectivity index (χ2n) is 8.58. The molecule has 2 amide bonds. The molecule has 2 heterocycles. The van der Waals surface area contributed by atoms with Crippen LogP contribution in [0.5, 0.6) is 0 Å². The zero-order chi connectivity index (χ0) is 23.6. The first-order valence-electron chi connectivity index (χ1n) is 10.1. The smallest absolute Gasteiger partial charge is 0.410 e. The van der Waals surface area contributed by atoms with Crippen LogP contribution in [0.3, 0.4) is 0 Å². The molecule has 1 N–H and O–H groups in total. The van der Waals surface area contributed by atoms with Crippen molar-refractivity contribution in [2.45, 2.75) is 39.3 Å². The fraction of sp³-hybridized carbons (Fsp3) is 0.409. The van der Waals surface area contributed by atoms with Gasteiger partial charge >= 0.3 is 6.09 Å². The Morgan fingerprint density at radius 1 is 1.19 bits per heavy atom. The summed E-state index contributed by atoms with van der Waals surface area (Å²) in [4.78, 5) is 32.8. The quantitative estimate of drug-likeness (QED) is 0.599. The fourth-order valence-electron chi connectivity index (χ4n) is 3.31. The van der Waals surface area contributed by atoms with Gasteiger partial charge in [0.05, 0.1) is 10.0 Å². The number of aromatic nitrogens is 1. The van der Waals surface area contributed by atoms with E-state index in [0.717, 1.165) is 12.1 Å². The molecular formula is C22H25BrF2N4O3. The molecule has 1 fully saturated rings. The van der Waals surface area contributed by atoms with E-state index >= 15 is 0 Å². The maximum absolute atomic E-state index is 13.7. The lowest BCUT2D eigenvalue weighted by Crippen LogP contribution is -2.54. The minimum absolute atomic E-state index is 0.00263. The van der Waals surface area contributed by atoms with Crippen LogP contribution in [0.2, 0.25) is 0 Å². The molecule has 1 unspecified atom stereocenters. The van der Waals surface area contributed by atoms with Crippen LogP contribution in [0.4, 0.5) is 25.1 Å². The van der Waals surface area contributed by atoms with Crippen molar-refractivity contribution >= 4 is 39.4 Å². The lowest BCUT2D eigenvalue weighted by atomic mass is 10.1. The molecule has 0 bridgehead atoms. The van der Waals surface area contributed by atoms with Gasteiger partial charge in [0.15, 0.2) is 0 Å². The van der Waals surface area contributed by atoms with Gasteiger partial charge in [-0.3, -0.25) is 4.79 Å². The monoisotopic (exact) mass is 510 g/mol. The highest BCUT2D eigenvalue weighted by atomic mass is 79.9. The lowest BCUT2D eigenvalue weighted by Gasteiger charge is -2.40. The molecule has 1 aliphatic heterocycles. The van der Waals surface area contributed by atoms with Crippen LogP contribution >= 0.6 is 15.9 Å². The Morgan fingerprint density at radius 3 is 2.38 bits per heavy atom. The number of pyridine rings is 1. The summed E-state index contributed by atoms with van der Waals surface area (Å²) >= 11 is 2.79. The highest BCUT2D eigenvalue weighted by molar-refractivity contribution is 9.10. The van der Waals surface area contributed by atoms with Crippen LogP contribution in [-0.4, -0.2) is 53.2 Å². The van der Waals surface area contributed by atoms with Crippen LogP contribution in [0.1, 0.15) is 38.1 Å². The standard InChI is InChI=1S/C22H25BrF2N4O3/c1-13-12-28(21(31)32-22(2,3)4)7-8-29(13)18-6-5-14(11-26-18)20(30)27-15-9-16(24)19(23)17(25)10-15/h5-6,9-11,13H,7-8,12H2,1-4H3,(H,27,30). The van der Waals surface area contributed by atoms with Crippen molar-refractivity contribution in [1.82, 2.24) is 9.88 Å². The number of ether oxygens (including phenoxy) is 1. The number of rotatable bonds is 3. The topological polar surface area (TPSA) is 74.8 Å². The fourth-order valence-corrected chi connectivity index (χ4v) is 3.54. The van der Waals surface area contributed by atoms with Crippen molar-refractivity contribution in [3.8, 4) is 0 Å². The third-order valence-corrected chi connectivity index (χ3v) is 5.58. The lowest BCUT2D eigenvalue weighted by molar-refractivity contribution is 0.0218. The van der Waals surface area contributed by atoms with E-state index in [1.165, 1.54) is 6.20 Å². The normalized spacial score (nSPS) is 16.7. The second-order valence-corrected chi connectivity index (χ2v) is 9.37. The van der Waals surface area contributed by atoms with E-state index in [1.807, 2.05) is 32.6 Å². The highest BCUT2D eigenvalue weighted by Gasteiger charge is 2.30. The van der Waals surface area contributed by atoms with Gasteiger partial charge in [0.25, 0.3) is 5.91 Å². The Kier molecular flexibility index (Phi) is 7.02. The van der Waals surface area contributed by atoms with Gasteiger partial charge in [0.1, 0.15) is 23.1 Å². The van der Waals surface area contributed by atoms with E-state index in [-0.39, 0.29) is 27.9 Å². The van der Waals surface area contributed by atoms with Gasteiger partial charge in [-0.05, 0) is 67.9 Å². The van der Waals surface area contributed by atoms with Gasteiger partial charge in [0, 0.05) is 37.6 Å². The summed E-state index contributed by atoms with van der Waals surface area (Å²) in [6.45, 7) is 9.01. The number of carbonyl (C=O) groups excluding carboxylic acids is 2. The summed E-state index contributed by atoms with van der Waals surface area (Å²) in [6, 6.07) is 5.35. The molecule has 1 aliphatic rings. The Bertz CT molecular complexity index is 988. The number of benzene rings is 1. The molecule has 1 saturated heterocycles. The molecule has 10 heteroatoms. The molecule has 7 nitrogen and oxygen atoms in total. The van der Waals surface area contributed by atoms with Gasteiger partial charge in [-0.1, -0.05) is 0 Å². The van der Waals surface area contributed by atoms with Crippen LogP contribution in [0, 0.1) is 11.6 Å². The average Bonchev–Trinajstić information content (AvgIpc) is 2.70. The number of nitrogens with zero attached hydrogens (tertiary/aromatic N) is 3. The first kappa shape index (κ1) is 23.9. The maximum atomic E-state index is 13.7. The van der Waals surface area contributed by atoms with Crippen LogP contribution in [0.15, 0.2) is 34.9 Å². The Morgan fingerprint density at radius 2 is 1.84 bits per heavy atom. The largest absolute Gasteiger partial charge is 0.444 e. The Balaban J connectivity index is 1.63. The summed E-state index contributed by atoms with van der Waals surface area (Å²) in [5.74, 6) is -1.49. The molecule has 172 valence electrons. The van der Waals surface area contributed by atoms with Crippen LogP contribution in [0.25, 0.3) is 0 Å². The molecule has 0 radical (unpaired) electrons. The molecule has 1 aromatic carbocycles. The summed E-state index contributed by atoms with van der Waals surface area (Å²) in [5.41, 5.74) is -0.301. The maximum Gasteiger partial charge on any atom is 0.410 e. The van der Waals surface area contributed by atoms with E-state index in [0.29, 0.717) is 25.5 Å². The number of carbonyl (C=O) groups is 2. The van der Waals surface area contributed by atoms with Crippen molar-refractivity contribution in [2.24, 2.45) is 0 Å². The minimum atomic E-state index is -0.812. The van der Waals surface area contributed by atoms with Gasteiger partial charge in [0.2, 0.25) is 0 Å². The zero-order valence-corrected chi connectivity index (χ0v) is 19.9. The molecule has 1 atom stereocenters. The van der Waals surface area contributed by atoms with Gasteiger partial charge in [-0.15, -0.1) is 0 Å². The van der Waals surface area contributed by atoms with Gasteiger partial charge < -0.3 is 19.9 Å². The van der Waals surface area contributed by atoms with Gasteiger partial charge in [-0.2, -0.15) is 0 Å². The van der Waals surface area contributed by atoms with Crippen LogP contribution in [-0.2, 0) is 4.74 Å². The first-order valence-corrected chi connectivity index (χ1v) is 10.9. The summed E-state index contributed by atoms with van der Waals surface area (Å²) in [7, 11) is 0. The number of anilines is 2. The third-order valence-electron chi connectivity index (χ3n) is 4.83. The third kappa shape index (κ3) is 5.73. The SMILES string of the molecule is CC1CN(C(=O)OC(C)(C)C)CCN1c1ccc(C(=O)Nc2cc(F)c(Br)c(F)c2)cn1. The molecular weight excluding hydrogens is 486 g/mol. The summed E-state index contributed by atoms with van der Waals surface area (Å²) in [6.07, 6.45) is 1.06. The van der Waals surface area contributed by atoms with Crippen molar-refractivity contribution in [1.29, 1.82) is 0 Å². The minimum Gasteiger partial charge on any atom is -0.444 e. The molecule has 32 heavy (non-hydrogen) atoms. The van der Waals surface area contributed by atoms with Crippen molar-refractivity contribution in [2.75, 3.05) is 29.9 Å². The number of halogens is 3. The molecule has 0 saturated carbocycles. The van der Waals surface area contributed by atoms with Crippen molar-refractivity contribution in [3.63, 3.8) is 0 Å². The predicted molar refractivity (Wildman–Crippen MR) is 121 cm³/mol. The Hall–Kier alpha value is -2.75. The summed E-state index contributed by atoms with van der Waals surface area (Å²) in [5, 5.41) is 2.46. The van der Waals surface area contributed by atoms with E-state index in [2.05, 4.69) is 26.2 Å². The molecule has 3 rings (SSSR count). The molecule has 2 aromatic rings. The summed E-state index contributed by atoms with van der Waals surface area (Å²) < 4.78 is 32.5. The Labute approximate surface area is 193 Å². The predicted octanol–water partition coefficient (Wildman–Crippen LogP) is 4.82. The van der Waals surface area contributed by atoms with Crippen LogP contribution < -0.4 is 10.2 Å². The van der Waals surface area contributed by atoms with E-state index in [1.54, 1.807) is 17.0 Å². The first-order chi connectivity index (χ1) is 14.9. The number of amides is 2. The number of hydrogen-bond acceptors (Lipinski definition) is 5. The second kappa shape index (κ2) is 9.40.